The highest BCUT2D eigenvalue weighted by Gasteiger charge is 2.10. The minimum atomic E-state index is 0.286. The highest BCUT2D eigenvalue weighted by atomic mass is 16.3. The van der Waals surface area contributed by atoms with Crippen molar-refractivity contribution < 1.29 is 5.11 Å². The van der Waals surface area contributed by atoms with Crippen molar-refractivity contribution in [3.8, 4) is 0 Å². The molecule has 20 heavy (non-hydrogen) atoms. The molecule has 1 N–H and O–H groups in total. The number of aliphatic hydroxyl groups excluding tert-OH is 1. The Kier molecular flexibility index (Phi) is 2.90. The van der Waals surface area contributed by atoms with Crippen LogP contribution in [0.25, 0.3) is 27.2 Å². The number of fused-ring (bicyclic) bond motifs is 3. The van der Waals surface area contributed by atoms with Crippen LogP contribution in [0.5, 0.6) is 0 Å². The maximum absolute atomic E-state index is 9.71. The van der Waals surface area contributed by atoms with Gasteiger partial charge in [-0.1, -0.05) is 23.8 Å². The summed E-state index contributed by atoms with van der Waals surface area (Å²) in [5.41, 5.74) is 3.70. The third-order valence-corrected chi connectivity index (χ3v) is 3.68. The second kappa shape index (κ2) is 4.60. The first-order valence-corrected chi connectivity index (χ1v) is 6.59. The van der Waals surface area contributed by atoms with Crippen LogP contribution in [0, 0.1) is 6.92 Å². The standard InChI is InChI=1S/C17H16N2O/c1-10-4-5-13-6-7-14-16(11(2)12(3)20)18-9-19-17(14)15(13)8-10/h4-9,20H,1-3H3/b12-11-. The van der Waals surface area contributed by atoms with Crippen LogP contribution in [0.1, 0.15) is 25.1 Å². The first-order chi connectivity index (χ1) is 9.58. The predicted molar refractivity (Wildman–Crippen MR) is 82.7 cm³/mol. The molecule has 0 unspecified atom stereocenters. The Hall–Kier alpha value is -2.42. The van der Waals surface area contributed by atoms with E-state index in [0.29, 0.717) is 0 Å². The van der Waals surface area contributed by atoms with Crippen LogP contribution < -0.4 is 0 Å². The van der Waals surface area contributed by atoms with Crippen LogP contribution in [0.3, 0.4) is 0 Å². The van der Waals surface area contributed by atoms with E-state index < -0.39 is 0 Å². The van der Waals surface area contributed by atoms with Crippen molar-refractivity contribution in [3.63, 3.8) is 0 Å². The Balaban J connectivity index is 2.46. The molecule has 0 atom stereocenters. The summed E-state index contributed by atoms with van der Waals surface area (Å²) in [5.74, 6) is 0.286. The number of aliphatic hydroxyl groups is 1. The van der Waals surface area contributed by atoms with Crippen LogP contribution in [-0.4, -0.2) is 15.1 Å². The maximum Gasteiger partial charge on any atom is 0.116 e. The predicted octanol–water partition coefficient (Wildman–Crippen LogP) is 4.40. The van der Waals surface area contributed by atoms with Gasteiger partial charge < -0.3 is 5.11 Å². The van der Waals surface area contributed by atoms with Crippen molar-refractivity contribution in [1.82, 2.24) is 9.97 Å². The lowest BCUT2D eigenvalue weighted by Crippen LogP contribution is -1.94. The van der Waals surface area contributed by atoms with Crippen molar-refractivity contribution in [2.75, 3.05) is 0 Å². The molecule has 0 spiro atoms. The number of nitrogens with zero attached hydrogens (tertiary/aromatic N) is 2. The summed E-state index contributed by atoms with van der Waals surface area (Å²) in [4.78, 5) is 8.77. The molecule has 0 fully saturated rings. The zero-order valence-electron chi connectivity index (χ0n) is 11.8. The van der Waals surface area contributed by atoms with Gasteiger partial charge in [-0.3, -0.25) is 0 Å². The fraction of sp³-hybridized carbons (Fsp3) is 0.176. The van der Waals surface area contributed by atoms with Crippen molar-refractivity contribution >= 4 is 27.2 Å². The molecule has 0 saturated heterocycles. The zero-order chi connectivity index (χ0) is 14.3. The van der Waals surface area contributed by atoms with Crippen molar-refractivity contribution in [2.24, 2.45) is 0 Å². The van der Waals surface area contributed by atoms with E-state index in [9.17, 15) is 5.11 Å². The summed E-state index contributed by atoms with van der Waals surface area (Å²) >= 11 is 0. The molecule has 0 aliphatic carbocycles. The van der Waals surface area contributed by atoms with Crippen molar-refractivity contribution in [3.05, 3.63) is 53.7 Å². The maximum atomic E-state index is 9.71. The van der Waals surface area contributed by atoms with Gasteiger partial charge in [0.25, 0.3) is 0 Å². The van der Waals surface area contributed by atoms with Crippen molar-refractivity contribution in [2.45, 2.75) is 20.8 Å². The lowest BCUT2D eigenvalue weighted by molar-refractivity contribution is 0.416. The molecule has 0 bridgehead atoms. The number of aromatic nitrogens is 2. The lowest BCUT2D eigenvalue weighted by atomic mass is 10.0. The molecule has 1 aromatic heterocycles. The van der Waals surface area contributed by atoms with E-state index >= 15 is 0 Å². The number of aryl methyl sites for hydroxylation is 1. The summed E-state index contributed by atoms with van der Waals surface area (Å²) in [5, 5.41) is 13.0. The molecular formula is C17H16N2O. The fourth-order valence-electron chi connectivity index (χ4n) is 2.43. The first kappa shape index (κ1) is 12.6. The normalized spacial score (nSPS) is 12.8. The number of hydrogen-bond acceptors (Lipinski definition) is 3. The summed E-state index contributed by atoms with van der Waals surface area (Å²) in [6, 6.07) is 10.4. The summed E-state index contributed by atoms with van der Waals surface area (Å²) < 4.78 is 0. The Bertz CT molecular complexity index is 846. The third-order valence-electron chi connectivity index (χ3n) is 3.68. The van der Waals surface area contributed by atoms with E-state index in [1.54, 1.807) is 13.3 Å². The molecule has 3 aromatic rings. The van der Waals surface area contributed by atoms with Gasteiger partial charge in [0.2, 0.25) is 0 Å². The summed E-state index contributed by atoms with van der Waals surface area (Å²) in [7, 11) is 0. The van der Waals surface area contributed by atoms with E-state index in [4.69, 9.17) is 0 Å². The number of benzene rings is 2. The average molecular weight is 264 g/mol. The molecule has 0 aliphatic rings. The van der Waals surface area contributed by atoms with E-state index in [2.05, 4.69) is 41.2 Å². The van der Waals surface area contributed by atoms with Crippen molar-refractivity contribution in [1.29, 1.82) is 0 Å². The molecule has 2 aromatic carbocycles. The number of hydrogen-bond donors (Lipinski definition) is 1. The molecule has 3 rings (SSSR count). The summed E-state index contributed by atoms with van der Waals surface area (Å²) in [6.07, 6.45) is 1.56. The van der Waals surface area contributed by atoms with Gasteiger partial charge in [-0.05, 0) is 38.3 Å². The van der Waals surface area contributed by atoms with Gasteiger partial charge in [-0.2, -0.15) is 0 Å². The van der Waals surface area contributed by atoms with Crippen LogP contribution >= 0.6 is 0 Å². The Morgan fingerprint density at radius 2 is 1.75 bits per heavy atom. The van der Waals surface area contributed by atoms with E-state index in [1.165, 1.54) is 5.56 Å². The second-order valence-electron chi connectivity index (χ2n) is 5.12. The lowest BCUT2D eigenvalue weighted by Gasteiger charge is -2.09. The molecule has 0 radical (unpaired) electrons. The molecule has 0 amide bonds. The van der Waals surface area contributed by atoms with Gasteiger partial charge in [0.05, 0.1) is 17.0 Å². The van der Waals surface area contributed by atoms with Crippen LogP contribution in [-0.2, 0) is 0 Å². The Morgan fingerprint density at radius 3 is 2.50 bits per heavy atom. The van der Waals surface area contributed by atoms with Gasteiger partial charge in [0, 0.05) is 16.3 Å². The van der Waals surface area contributed by atoms with Crippen LogP contribution in [0.2, 0.25) is 0 Å². The minimum Gasteiger partial charge on any atom is -0.512 e. The minimum absolute atomic E-state index is 0.286. The first-order valence-electron chi connectivity index (χ1n) is 6.59. The Labute approximate surface area is 117 Å². The van der Waals surface area contributed by atoms with E-state index in [1.807, 2.05) is 13.0 Å². The largest absolute Gasteiger partial charge is 0.512 e. The third kappa shape index (κ3) is 1.92. The molecular weight excluding hydrogens is 248 g/mol. The van der Waals surface area contributed by atoms with Gasteiger partial charge in [-0.25, -0.2) is 9.97 Å². The number of allylic oxidation sites excluding steroid dienone is 2. The molecule has 1 heterocycles. The highest BCUT2D eigenvalue weighted by molar-refractivity contribution is 6.07. The topological polar surface area (TPSA) is 46.0 Å². The zero-order valence-corrected chi connectivity index (χ0v) is 11.8. The molecule has 3 heteroatoms. The number of rotatable bonds is 1. The second-order valence-corrected chi connectivity index (χ2v) is 5.12. The van der Waals surface area contributed by atoms with Gasteiger partial charge in [0.1, 0.15) is 6.33 Å². The van der Waals surface area contributed by atoms with Crippen LogP contribution in [0.4, 0.5) is 0 Å². The smallest absolute Gasteiger partial charge is 0.116 e. The summed E-state index contributed by atoms with van der Waals surface area (Å²) in [6.45, 7) is 5.62. The van der Waals surface area contributed by atoms with E-state index in [0.717, 1.165) is 32.9 Å². The average Bonchev–Trinajstić information content (AvgIpc) is 2.45. The SMILES string of the molecule is C/C(O)=C(\C)c1ncnc2c1ccc1ccc(C)cc12. The molecule has 100 valence electrons. The van der Waals surface area contributed by atoms with E-state index in [-0.39, 0.29) is 5.76 Å². The van der Waals surface area contributed by atoms with Gasteiger partial charge in [0.15, 0.2) is 0 Å². The van der Waals surface area contributed by atoms with Crippen LogP contribution in [0.15, 0.2) is 42.4 Å². The highest BCUT2D eigenvalue weighted by Crippen LogP contribution is 2.29. The quantitative estimate of drug-likeness (QED) is 0.523. The Morgan fingerprint density at radius 1 is 1.00 bits per heavy atom. The van der Waals surface area contributed by atoms with Gasteiger partial charge >= 0.3 is 0 Å². The molecule has 3 nitrogen and oxygen atoms in total. The van der Waals surface area contributed by atoms with Gasteiger partial charge in [-0.15, -0.1) is 0 Å². The molecule has 0 aliphatic heterocycles. The monoisotopic (exact) mass is 264 g/mol. The molecule has 0 saturated carbocycles. The fourth-order valence-corrected chi connectivity index (χ4v) is 2.43.